The maximum Gasteiger partial charge on any atom is 0.252 e. The number of aromatic hydroxyl groups is 2. The zero-order chi connectivity index (χ0) is 59.4. The first-order valence-electron chi connectivity index (χ1n) is 28.5. The molecule has 11 rings (SSSR count). The van der Waals surface area contributed by atoms with E-state index < -0.39 is 89.6 Å². The molecule has 2 aliphatic carbocycles. The summed E-state index contributed by atoms with van der Waals surface area (Å²) in [7, 11) is 2.88. The summed E-state index contributed by atoms with van der Waals surface area (Å²) in [6.07, 6.45) is -4.85. The van der Waals surface area contributed by atoms with Crippen LogP contribution >= 0.6 is 0 Å². The number of ether oxygens (including phenoxy) is 10. The van der Waals surface area contributed by atoms with Gasteiger partial charge >= 0.3 is 0 Å². The van der Waals surface area contributed by atoms with Crippen molar-refractivity contribution in [3.05, 3.63) is 106 Å². The SMILES string of the molecule is COc1cccc2c1C(=O)c1c(O)c3c(c(O)c1C2=O)C[C@@](O)(C(=O)NCCOCCOCCOCCOCCC(=O)NCCC(=O)N1Cc2ccccc2-c2n[nH]nc2-c2ccccc21)C[C@@H]3O[C@H]1C[C@H]2[C@H](O[C@@H]3[C@@H](OC)OCCN32)[C@H](C)O1. The predicted octanol–water partition coefficient (Wildman–Crippen LogP) is 3.23. The summed E-state index contributed by atoms with van der Waals surface area (Å²) in [6, 6.07) is 19.6. The van der Waals surface area contributed by atoms with Crippen LogP contribution in [0.3, 0.4) is 0 Å². The van der Waals surface area contributed by atoms with Crippen LogP contribution in [0.1, 0.15) is 87.2 Å². The van der Waals surface area contributed by atoms with Gasteiger partial charge in [0.2, 0.25) is 17.6 Å². The Balaban J connectivity index is 0.605. The molecule has 4 aromatic carbocycles. The van der Waals surface area contributed by atoms with Crippen molar-refractivity contribution in [3.63, 3.8) is 0 Å². The van der Waals surface area contributed by atoms with Crippen LogP contribution in [0.4, 0.5) is 5.69 Å². The first-order chi connectivity index (χ1) is 41.3. The molecular formula is C60H69N7O18. The molecule has 0 bridgehead atoms. The second-order valence-corrected chi connectivity index (χ2v) is 21.4. The number of phenolic OH excluding ortho intramolecular Hbond substituents is 2. The molecule has 25 heteroatoms. The van der Waals surface area contributed by atoms with Crippen LogP contribution in [-0.4, -0.2) is 201 Å². The fourth-order valence-corrected chi connectivity index (χ4v) is 12.2. The molecule has 5 heterocycles. The predicted molar refractivity (Wildman–Crippen MR) is 299 cm³/mol. The summed E-state index contributed by atoms with van der Waals surface area (Å²) in [6.45, 7) is 4.94. The number of carbonyl (C=O) groups excluding carboxylic acids is 5. The number of amides is 3. The lowest BCUT2D eigenvalue weighted by Gasteiger charge is -2.43. The number of aromatic nitrogens is 3. The minimum atomic E-state index is -2.26. The molecule has 0 unspecified atom stereocenters. The third kappa shape index (κ3) is 12.0. The van der Waals surface area contributed by atoms with E-state index in [1.807, 2.05) is 55.5 Å². The summed E-state index contributed by atoms with van der Waals surface area (Å²) in [5, 5.41) is 53.5. The number of methoxy groups -OCH3 is 2. The lowest BCUT2D eigenvalue weighted by Crippen LogP contribution is -2.55. The summed E-state index contributed by atoms with van der Waals surface area (Å²) in [5.74, 6) is -3.94. The highest BCUT2D eigenvalue weighted by Gasteiger charge is 2.55. The van der Waals surface area contributed by atoms with Gasteiger partial charge in [0.05, 0.1) is 108 Å². The van der Waals surface area contributed by atoms with Crippen LogP contribution in [0.5, 0.6) is 17.2 Å². The van der Waals surface area contributed by atoms with Crippen LogP contribution in [0.2, 0.25) is 0 Å². The van der Waals surface area contributed by atoms with Gasteiger partial charge in [-0.3, -0.25) is 28.9 Å². The number of H-pyrrole nitrogens is 1. The Bertz CT molecular complexity index is 3300. The van der Waals surface area contributed by atoms with Crippen molar-refractivity contribution in [2.45, 2.75) is 94.3 Å². The Morgan fingerprint density at radius 3 is 2.20 bits per heavy atom. The van der Waals surface area contributed by atoms with Crippen LogP contribution in [0.15, 0.2) is 66.7 Å². The van der Waals surface area contributed by atoms with Crippen LogP contribution in [-0.2, 0) is 70.0 Å². The number of morpholine rings is 1. The number of anilines is 1. The molecule has 8 atom stereocenters. The molecule has 25 nitrogen and oxygen atoms in total. The van der Waals surface area contributed by atoms with Crippen LogP contribution in [0, 0.1) is 0 Å². The van der Waals surface area contributed by atoms with Crippen molar-refractivity contribution in [2.24, 2.45) is 0 Å². The first kappa shape index (κ1) is 59.5. The first-order valence-corrected chi connectivity index (χ1v) is 28.5. The third-order valence-electron chi connectivity index (χ3n) is 16.3. The topological polar surface area (TPSA) is 310 Å². The van der Waals surface area contributed by atoms with Crippen molar-refractivity contribution >= 4 is 35.0 Å². The quantitative estimate of drug-likeness (QED) is 0.0396. The number of hydrogen-bond acceptors (Lipinski definition) is 21. The van der Waals surface area contributed by atoms with E-state index in [9.17, 15) is 39.3 Å². The number of aliphatic hydroxyl groups is 1. The van der Waals surface area contributed by atoms with Crippen LogP contribution < -0.4 is 20.3 Å². The van der Waals surface area contributed by atoms with Crippen molar-refractivity contribution in [2.75, 3.05) is 98.2 Å². The number of benzene rings is 4. The molecule has 3 fully saturated rings. The summed E-state index contributed by atoms with van der Waals surface area (Å²) >= 11 is 0. The Morgan fingerprint density at radius 1 is 0.765 bits per heavy atom. The van der Waals surface area contributed by atoms with E-state index in [0.29, 0.717) is 31.1 Å². The number of nitrogens with one attached hydrogen (secondary N) is 3. The van der Waals surface area contributed by atoms with Gasteiger partial charge < -0.3 is 78.2 Å². The number of hydrogen-bond donors (Lipinski definition) is 6. The number of phenols is 2. The molecule has 3 amide bonds. The third-order valence-corrected chi connectivity index (χ3v) is 16.3. The molecule has 6 N–H and O–H groups in total. The average molecular weight is 1180 g/mol. The van der Waals surface area contributed by atoms with E-state index in [4.69, 9.17) is 47.4 Å². The zero-order valence-electron chi connectivity index (χ0n) is 47.4. The Hall–Kier alpha value is -7.27. The zero-order valence-corrected chi connectivity index (χ0v) is 47.4. The molecule has 85 heavy (non-hydrogen) atoms. The van der Waals surface area contributed by atoms with E-state index >= 15 is 0 Å². The number of ketones is 2. The Morgan fingerprint density at radius 2 is 1.45 bits per heavy atom. The fraction of sp³-hybridized carbons (Fsp3) is 0.483. The second kappa shape index (κ2) is 26.1. The molecule has 1 aromatic heterocycles. The monoisotopic (exact) mass is 1180 g/mol. The minimum absolute atomic E-state index is 0.0246. The van der Waals surface area contributed by atoms with E-state index in [1.165, 1.54) is 32.4 Å². The summed E-state index contributed by atoms with van der Waals surface area (Å²) in [4.78, 5) is 72.6. The van der Waals surface area contributed by atoms with Gasteiger partial charge in [-0.05, 0) is 24.6 Å². The van der Waals surface area contributed by atoms with Gasteiger partial charge in [0.1, 0.15) is 40.3 Å². The highest BCUT2D eigenvalue weighted by Crippen LogP contribution is 2.53. The largest absolute Gasteiger partial charge is 0.507 e. The van der Waals surface area contributed by atoms with Gasteiger partial charge in [0.25, 0.3) is 5.91 Å². The Kier molecular flexibility index (Phi) is 18.3. The average Bonchev–Trinajstić information content (AvgIpc) is 1.59. The molecule has 6 aliphatic rings. The second-order valence-electron chi connectivity index (χ2n) is 21.4. The number of para-hydroxylation sites is 1. The molecule has 0 saturated carbocycles. The van der Waals surface area contributed by atoms with Gasteiger partial charge in [0.15, 0.2) is 24.6 Å². The lowest BCUT2D eigenvalue weighted by atomic mass is 9.72. The van der Waals surface area contributed by atoms with E-state index in [2.05, 4.69) is 30.9 Å². The molecule has 452 valence electrons. The molecule has 5 aromatic rings. The van der Waals surface area contributed by atoms with Crippen molar-refractivity contribution in [3.8, 4) is 39.8 Å². The van der Waals surface area contributed by atoms with Crippen molar-refractivity contribution < 1.29 is 86.7 Å². The molecule has 0 spiro atoms. The van der Waals surface area contributed by atoms with Crippen LogP contribution in [0.25, 0.3) is 22.5 Å². The van der Waals surface area contributed by atoms with E-state index in [-0.39, 0.29) is 137 Å². The number of fused-ring (bicyclic) bond motifs is 11. The fourth-order valence-electron chi connectivity index (χ4n) is 12.2. The number of nitrogens with zero attached hydrogens (tertiary/aromatic N) is 4. The van der Waals surface area contributed by atoms with E-state index in [0.717, 1.165) is 22.4 Å². The van der Waals surface area contributed by atoms with Gasteiger partial charge in [-0.1, -0.05) is 54.6 Å². The van der Waals surface area contributed by atoms with Gasteiger partial charge in [-0.15, -0.1) is 0 Å². The standard InChI is InChI=1S/C60H69N7O18/c1-33-56-40(66-19-22-82-58(77-3)57(66)85-56)29-45(83-33)84-42-31-60(75,30-38-47(42)55(73)49-48(53(38)71)52(70)37-12-8-14-41(76-2)46(37)54(49)72)59(74)62-18-21-79-24-26-81-28-27-80-25-23-78-20-16-43(68)61-17-15-44(69)67-32-34-9-4-5-10-35(34)50-51(64-65-63-50)36-11-6-7-13-39(36)67/h4-14,33,40,42,45,56-58,71,73,75H,15-32H2,1-3H3,(H,61,68)(H,62,74)(H,63,64,65)/t33-,40-,42-,45-,56+,57+,58-,60-/m0/s1. The summed E-state index contributed by atoms with van der Waals surface area (Å²) in [5.41, 5.74) is 1.19. The minimum Gasteiger partial charge on any atom is -0.507 e. The lowest BCUT2D eigenvalue weighted by molar-refractivity contribution is -0.256. The number of rotatable bonds is 23. The molecule has 0 radical (unpaired) electrons. The maximum atomic E-state index is 14.3. The number of carbonyl (C=O) groups is 5. The smallest absolute Gasteiger partial charge is 0.252 e. The van der Waals surface area contributed by atoms with Gasteiger partial charge in [-0.25, -0.2) is 0 Å². The van der Waals surface area contributed by atoms with Gasteiger partial charge in [0, 0.05) is 92.7 Å². The maximum absolute atomic E-state index is 14.3. The normalized spacial score (nSPS) is 23.9. The van der Waals surface area contributed by atoms with Crippen molar-refractivity contribution in [1.82, 2.24) is 30.9 Å². The highest BCUT2D eigenvalue weighted by molar-refractivity contribution is 6.31. The Labute approximate surface area is 489 Å². The highest BCUT2D eigenvalue weighted by atomic mass is 16.7. The number of aromatic amines is 1. The molecule has 3 saturated heterocycles. The molecule has 4 aliphatic heterocycles. The summed E-state index contributed by atoms with van der Waals surface area (Å²) < 4.78 is 58.6. The molecular weight excluding hydrogens is 1110 g/mol. The van der Waals surface area contributed by atoms with E-state index in [1.54, 1.807) is 4.90 Å². The van der Waals surface area contributed by atoms with Crippen molar-refractivity contribution in [1.29, 1.82) is 0 Å². The van der Waals surface area contributed by atoms with Gasteiger partial charge in [-0.2, -0.15) is 15.4 Å².